The van der Waals surface area contributed by atoms with Crippen LogP contribution in [0.3, 0.4) is 0 Å². The molecule has 6 rings (SSSR count). The summed E-state index contributed by atoms with van der Waals surface area (Å²) in [7, 11) is 0. The Bertz CT molecular complexity index is 1660. The van der Waals surface area contributed by atoms with Crippen molar-refractivity contribution < 1.29 is 55.4 Å². The van der Waals surface area contributed by atoms with E-state index in [-0.39, 0.29) is 64.4 Å². The van der Waals surface area contributed by atoms with Crippen LogP contribution in [0.2, 0.25) is 0 Å². The highest BCUT2D eigenvalue weighted by Crippen LogP contribution is 2.55. The third-order valence-corrected chi connectivity index (χ3v) is 7.61. The van der Waals surface area contributed by atoms with Crippen molar-refractivity contribution >= 4 is 0 Å². The number of rotatable bonds is 4. The van der Waals surface area contributed by atoms with Crippen molar-refractivity contribution in [2.24, 2.45) is 0 Å². The lowest BCUT2D eigenvalue weighted by molar-refractivity contribution is 0.0191. The van der Waals surface area contributed by atoms with Gasteiger partial charge >= 0.3 is 0 Å². The second kappa shape index (κ2) is 9.49. The molecule has 2 aliphatic heterocycles. The molecule has 4 atom stereocenters. The molecule has 0 aromatic heterocycles. The first-order chi connectivity index (χ1) is 19.5. The Morgan fingerprint density at radius 3 is 1.88 bits per heavy atom. The van der Waals surface area contributed by atoms with Crippen LogP contribution in [0.25, 0.3) is 0 Å². The number of phenolic OH excluding ortho intramolecular Hbond substituents is 8. The van der Waals surface area contributed by atoms with Gasteiger partial charge in [0.2, 0.25) is 0 Å². The highest BCUT2D eigenvalue weighted by atomic mass is 16.5. The van der Waals surface area contributed by atoms with Gasteiger partial charge in [0, 0.05) is 47.7 Å². The summed E-state index contributed by atoms with van der Waals surface area (Å²) in [4.78, 5) is 0. The highest BCUT2D eigenvalue weighted by Gasteiger charge is 2.44. The molecule has 0 spiro atoms. The van der Waals surface area contributed by atoms with Crippen LogP contribution in [0.4, 0.5) is 0 Å². The molecule has 0 fully saturated rings. The minimum atomic E-state index is -1.13. The fourth-order valence-electron chi connectivity index (χ4n) is 5.66. The zero-order valence-electron chi connectivity index (χ0n) is 21.3. The molecule has 0 aliphatic carbocycles. The van der Waals surface area contributed by atoms with Gasteiger partial charge in [-0.1, -0.05) is 12.1 Å². The SMILES string of the molecule is Oc1cc(O)c(C[C@@H]2Oc3cc(O)c4c(c3[C@@H]2c2ccc(O)c(O)c2)O[C@@H](c2ccc(O)c(O)c2)[C@@H](O)C4)c(O)c1. The number of benzene rings is 4. The zero-order chi connectivity index (χ0) is 29.2. The van der Waals surface area contributed by atoms with Gasteiger partial charge in [-0.3, -0.25) is 0 Å². The van der Waals surface area contributed by atoms with Gasteiger partial charge in [-0.15, -0.1) is 0 Å². The third kappa shape index (κ3) is 4.36. The molecule has 0 saturated heterocycles. The molecule has 0 amide bonds. The van der Waals surface area contributed by atoms with Crippen LogP contribution >= 0.6 is 0 Å². The average molecular weight is 563 g/mol. The number of fused-ring (bicyclic) bond motifs is 3. The van der Waals surface area contributed by atoms with Crippen LogP contribution < -0.4 is 9.47 Å². The standard InChI is InChI=1S/C30H26O11/c31-14-7-19(34)15(20(35)8-14)10-25-27(12-1-3-17(32)22(37)5-12)28-26(40-25)11-21(36)16-9-24(39)29(41-30(16)28)13-2-4-18(33)23(38)6-13/h1-8,11,24-25,27,29,31-39H,9-10H2/t24-,25-,27+,29-/m0/s1. The number of hydrogen-bond donors (Lipinski definition) is 9. The van der Waals surface area contributed by atoms with Crippen LogP contribution in [0.1, 0.15) is 39.8 Å². The summed E-state index contributed by atoms with van der Waals surface area (Å²) < 4.78 is 12.5. The summed E-state index contributed by atoms with van der Waals surface area (Å²) in [5.41, 5.74) is 1.67. The van der Waals surface area contributed by atoms with E-state index in [1.54, 1.807) is 6.07 Å². The summed E-state index contributed by atoms with van der Waals surface area (Å²) in [6.07, 6.45) is -3.08. The summed E-state index contributed by atoms with van der Waals surface area (Å²) in [6, 6.07) is 11.8. The molecule has 212 valence electrons. The van der Waals surface area contributed by atoms with E-state index < -0.39 is 35.7 Å². The minimum absolute atomic E-state index is 0.0293. The summed E-state index contributed by atoms with van der Waals surface area (Å²) in [5, 5.41) is 92.6. The van der Waals surface area contributed by atoms with Crippen molar-refractivity contribution in [3.8, 4) is 57.5 Å². The third-order valence-electron chi connectivity index (χ3n) is 7.61. The maximum absolute atomic E-state index is 10.9. The summed E-state index contributed by atoms with van der Waals surface area (Å²) in [5.74, 6) is -3.10. The van der Waals surface area contributed by atoms with E-state index in [4.69, 9.17) is 9.47 Å². The summed E-state index contributed by atoms with van der Waals surface area (Å²) >= 11 is 0. The lowest BCUT2D eigenvalue weighted by Gasteiger charge is -2.33. The fourth-order valence-corrected chi connectivity index (χ4v) is 5.66. The van der Waals surface area contributed by atoms with E-state index in [2.05, 4.69) is 0 Å². The fraction of sp³-hybridized carbons (Fsp3) is 0.200. The molecule has 0 unspecified atom stereocenters. The van der Waals surface area contributed by atoms with Crippen molar-refractivity contribution in [3.63, 3.8) is 0 Å². The van der Waals surface area contributed by atoms with Crippen molar-refractivity contribution in [1.82, 2.24) is 0 Å². The van der Waals surface area contributed by atoms with Crippen LogP contribution in [0.15, 0.2) is 54.6 Å². The molecule has 0 radical (unpaired) electrons. The van der Waals surface area contributed by atoms with Crippen LogP contribution in [-0.4, -0.2) is 58.2 Å². The smallest absolute Gasteiger partial charge is 0.157 e. The number of aromatic hydroxyl groups is 8. The number of aliphatic hydroxyl groups is 1. The lowest BCUT2D eigenvalue weighted by atomic mass is 9.82. The molecule has 0 bridgehead atoms. The Morgan fingerprint density at radius 2 is 1.24 bits per heavy atom. The minimum Gasteiger partial charge on any atom is -0.508 e. The molecule has 41 heavy (non-hydrogen) atoms. The molecule has 0 saturated carbocycles. The first-order valence-corrected chi connectivity index (χ1v) is 12.7. The van der Waals surface area contributed by atoms with Gasteiger partial charge in [-0.2, -0.15) is 0 Å². The van der Waals surface area contributed by atoms with E-state index in [0.717, 1.165) is 12.1 Å². The number of aliphatic hydroxyl groups excluding tert-OH is 1. The molecule has 2 heterocycles. The van der Waals surface area contributed by atoms with Gasteiger partial charge < -0.3 is 55.4 Å². The molecule has 11 heteroatoms. The topological polar surface area (TPSA) is 201 Å². The van der Waals surface area contributed by atoms with Gasteiger partial charge in [-0.25, -0.2) is 0 Å². The molecule has 9 N–H and O–H groups in total. The van der Waals surface area contributed by atoms with Crippen molar-refractivity contribution in [1.29, 1.82) is 0 Å². The monoisotopic (exact) mass is 562 g/mol. The lowest BCUT2D eigenvalue weighted by Crippen LogP contribution is -2.31. The van der Waals surface area contributed by atoms with Crippen LogP contribution in [0.5, 0.6) is 57.5 Å². The van der Waals surface area contributed by atoms with Gasteiger partial charge in [0.25, 0.3) is 0 Å². The highest BCUT2D eigenvalue weighted by molar-refractivity contribution is 5.65. The van der Waals surface area contributed by atoms with E-state index in [1.165, 1.54) is 36.4 Å². The Hall–Kier alpha value is -5.16. The predicted octanol–water partition coefficient (Wildman–Crippen LogP) is 3.50. The number of hydrogen-bond acceptors (Lipinski definition) is 11. The Labute approximate surface area is 232 Å². The molecular formula is C30H26O11. The van der Waals surface area contributed by atoms with Gasteiger partial charge in [0.15, 0.2) is 23.0 Å². The maximum Gasteiger partial charge on any atom is 0.157 e. The number of ether oxygens (including phenoxy) is 2. The van der Waals surface area contributed by atoms with E-state index in [1.807, 2.05) is 0 Å². The van der Waals surface area contributed by atoms with Gasteiger partial charge in [0.05, 0.1) is 12.0 Å². The first-order valence-electron chi connectivity index (χ1n) is 12.7. The summed E-state index contributed by atoms with van der Waals surface area (Å²) in [6.45, 7) is 0. The normalized spacial score (nSPS) is 21.0. The van der Waals surface area contributed by atoms with Crippen LogP contribution in [0, 0.1) is 0 Å². The second-order valence-corrected chi connectivity index (χ2v) is 10.2. The molecule has 4 aromatic rings. The molecule has 11 nitrogen and oxygen atoms in total. The maximum atomic E-state index is 10.9. The second-order valence-electron chi connectivity index (χ2n) is 10.2. The Morgan fingerprint density at radius 1 is 0.634 bits per heavy atom. The van der Waals surface area contributed by atoms with E-state index >= 15 is 0 Å². The zero-order valence-corrected chi connectivity index (χ0v) is 21.3. The van der Waals surface area contributed by atoms with Crippen molar-refractivity contribution in [3.05, 3.63) is 82.4 Å². The average Bonchev–Trinajstić information content (AvgIpc) is 3.27. The Balaban J connectivity index is 1.50. The van der Waals surface area contributed by atoms with Crippen molar-refractivity contribution in [2.45, 2.75) is 37.1 Å². The van der Waals surface area contributed by atoms with Crippen molar-refractivity contribution in [2.75, 3.05) is 0 Å². The quantitative estimate of drug-likeness (QED) is 0.165. The van der Waals surface area contributed by atoms with Gasteiger partial charge in [-0.05, 0) is 35.4 Å². The molecule has 2 aliphatic rings. The largest absolute Gasteiger partial charge is 0.508 e. The van der Waals surface area contributed by atoms with E-state index in [9.17, 15) is 46.0 Å². The first kappa shape index (κ1) is 26.1. The predicted molar refractivity (Wildman–Crippen MR) is 142 cm³/mol. The molecule has 4 aromatic carbocycles. The van der Waals surface area contributed by atoms with Crippen LogP contribution in [-0.2, 0) is 12.8 Å². The van der Waals surface area contributed by atoms with Gasteiger partial charge in [0.1, 0.15) is 46.7 Å². The number of phenols is 8. The Kier molecular flexibility index (Phi) is 6.04. The molecular weight excluding hydrogens is 536 g/mol. The van der Waals surface area contributed by atoms with E-state index in [0.29, 0.717) is 22.3 Å².